The molecule has 1 amide bonds. The Hall–Kier alpha value is -2.28. The number of hydrogen-bond acceptors (Lipinski definition) is 5. The van der Waals surface area contributed by atoms with Gasteiger partial charge in [-0.15, -0.1) is 0 Å². The summed E-state index contributed by atoms with van der Waals surface area (Å²) in [4.78, 5) is 26.2. The zero-order chi connectivity index (χ0) is 20.4. The maximum Gasteiger partial charge on any atom is 0.225 e. The molecule has 7 nitrogen and oxygen atoms in total. The minimum absolute atomic E-state index is 0.161. The number of carbonyl (C=O) groups is 1. The van der Waals surface area contributed by atoms with E-state index in [9.17, 15) is 4.79 Å². The number of likely N-dealkylation sites (tertiary alicyclic amines) is 2. The Bertz CT molecular complexity index is 823. The number of rotatable bonds is 5. The standard InChI is InChI=1S/C22H32N6O/c1-4-16(5-2)21(29)28-12-8-22(9-13-28)15-27(3)14-18(22)20-24-19(25-26-20)17-6-10-23-11-7-17/h6-7,10-11,16,18H,4-5,8-9,12-15H2,1-3H3,(H,24,25,26). The highest BCUT2D eigenvalue weighted by Crippen LogP contribution is 2.48. The molecule has 4 rings (SSSR count). The number of aromatic nitrogens is 4. The molecule has 2 aliphatic rings. The van der Waals surface area contributed by atoms with E-state index in [0.717, 1.165) is 69.1 Å². The fraction of sp³-hybridized carbons (Fsp3) is 0.636. The molecule has 0 aliphatic carbocycles. The van der Waals surface area contributed by atoms with E-state index in [4.69, 9.17) is 4.98 Å². The van der Waals surface area contributed by atoms with Gasteiger partial charge in [-0.25, -0.2) is 4.98 Å². The second-order valence-corrected chi connectivity index (χ2v) is 8.73. The molecule has 156 valence electrons. The summed E-state index contributed by atoms with van der Waals surface area (Å²) in [5.41, 5.74) is 1.14. The Balaban J connectivity index is 1.51. The van der Waals surface area contributed by atoms with Gasteiger partial charge in [-0.1, -0.05) is 13.8 Å². The number of aromatic amines is 1. The quantitative estimate of drug-likeness (QED) is 0.841. The monoisotopic (exact) mass is 396 g/mol. The molecule has 7 heteroatoms. The second kappa shape index (κ2) is 8.22. The van der Waals surface area contributed by atoms with Crippen LogP contribution in [0, 0.1) is 11.3 Å². The van der Waals surface area contributed by atoms with Gasteiger partial charge in [0.1, 0.15) is 5.82 Å². The van der Waals surface area contributed by atoms with Crippen LogP contribution in [-0.4, -0.2) is 69.1 Å². The summed E-state index contributed by atoms with van der Waals surface area (Å²) in [5, 5.41) is 7.70. The van der Waals surface area contributed by atoms with Crippen LogP contribution in [0.5, 0.6) is 0 Å². The van der Waals surface area contributed by atoms with Gasteiger partial charge in [0.2, 0.25) is 5.91 Å². The third-order valence-electron chi connectivity index (χ3n) is 7.00. The van der Waals surface area contributed by atoms with Crippen molar-refractivity contribution in [1.82, 2.24) is 30.0 Å². The van der Waals surface area contributed by atoms with Gasteiger partial charge >= 0.3 is 0 Å². The number of hydrogen-bond donors (Lipinski definition) is 1. The molecule has 0 radical (unpaired) electrons. The molecule has 1 unspecified atom stereocenters. The van der Waals surface area contributed by atoms with Crippen molar-refractivity contribution < 1.29 is 4.79 Å². The molecular formula is C22H32N6O. The van der Waals surface area contributed by atoms with E-state index in [1.165, 1.54) is 0 Å². The molecule has 4 heterocycles. The van der Waals surface area contributed by atoms with Gasteiger partial charge in [-0.2, -0.15) is 5.10 Å². The number of H-pyrrole nitrogens is 1. The van der Waals surface area contributed by atoms with Gasteiger partial charge in [0, 0.05) is 56.0 Å². The van der Waals surface area contributed by atoms with Gasteiger partial charge in [0.25, 0.3) is 0 Å². The van der Waals surface area contributed by atoms with Crippen LogP contribution in [0.4, 0.5) is 0 Å². The average Bonchev–Trinajstić information content (AvgIpc) is 3.35. The first-order valence-electron chi connectivity index (χ1n) is 10.9. The van der Waals surface area contributed by atoms with Gasteiger partial charge < -0.3 is 9.80 Å². The summed E-state index contributed by atoms with van der Waals surface area (Å²) < 4.78 is 0. The predicted molar refractivity (Wildman–Crippen MR) is 112 cm³/mol. The number of amides is 1. The largest absolute Gasteiger partial charge is 0.342 e. The van der Waals surface area contributed by atoms with Crippen molar-refractivity contribution in [3.05, 3.63) is 30.4 Å². The predicted octanol–water partition coefficient (Wildman–Crippen LogP) is 2.94. The molecule has 1 spiro atoms. The molecular weight excluding hydrogens is 364 g/mol. The Kier molecular flexibility index (Phi) is 5.67. The van der Waals surface area contributed by atoms with Gasteiger partial charge in [0.15, 0.2) is 5.82 Å². The van der Waals surface area contributed by atoms with Gasteiger partial charge in [0.05, 0.1) is 0 Å². The van der Waals surface area contributed by atoms with E-state index in [0.29, 0.717) is 11.8 Å². The molecule has 2 saturated heterocycles. The molecule has 0 bridgehead atoms. The molecule has 2 fully saturated rings. The van der Waals surface area contributed by atoms with Crippen LogP contribution < -0.4 is 0 Å². The van der Waals surface area contributed by atoms with E-state index < -0.39 is 0 Å². The van der Waals surface area contributed by atoms with Crippen molar-refractivity contribution in [2.24, 2.45) is 11.3 Å². The Morgan fingerprint density at radius 2 is 1.93 bits per heavy atom. The summed E-state index contributed by atoms with van der Waals surface area (Å²) in [7, 11) is 2.18. The lowest BCUT2D eigenvalue weighted by molar-refractivity contribution is -0.138. The van der Waals surface area contributed by atoms with Crippen LogP contribution in [0.3, 0.4) is 0 Å². The van der Waals surface area contributed by atoms with Crippen LogP contribution in [0.1, 0.15) is 51.3 Å². The lowest BCUT2D eigenvalue weighted by Gasteiger charge is -2.42. The Morgan fingerprint density at radius 1 is 1.24 bits per heavy atom. The number of carbonyl (C=O) groups excluding carboxylic acids is 1. The van der Waals surface area contributed by atoms with E-state index in [-0.39, 0.29) is 11.3 Å². The summed E-state index contributed by atoms with van der Waals surface area (Å²) in [6.45, 7) is 7.96. The molecule has 0 aromatic carbocycles. The second-order valence-electron chi connectivity index (χ2n) is 8.73. The number of nitrogens with zero attached hydrogens (tertiary/aromatic N) is 5. The van der Waals surface area contributed by atoms with Crippen molar-refractivity contribution in [3.8, 4) is 11.4 Å². The lowest BCUT2D eigenvalue weighted by atomic mass is 9.70. The average molecular weight is 397 g/mol. The number of piperidine rings is 1. The molecule has 29 heavy (non-hydrogen) atoms. The van der Waals surface area contributed by atoms with E-state index in [1.54, 1.807) is 12.4 Å². The molecule has 2 aliphatic heterocycles. The van der Waals surface area contributed by atoms with Crippen molar-refractivity contribution in [2.75, 3.05) is 33.2 Å². The zero-order valence-electron chi connectivity index (χ0n) is 17.8. The van der Waals surface area contributed by atoms with E-state index >= 15 is 0 Å². The first-order chi connectivity index (χ1) is 14.1. The van der Waals surface area contributed by atoms with Crippen molar-refractivity contribution >= 4 is 5.91 Å². The molecule has 0 saturated carbocycles. The topological polar surface area (TPSA) is 78.0 Å². The highest BCUT2D eigenvalue weighted by molar-refractivity contribution is 5.78. The zero-order valence-corrected chi connectivity index (χ0v) is 17.8. The fourth-order valence-electron chi connectivity index (χ4n) is 5.23. The number of nitrogens with one attached hydrogen (secondary N) is 1. The van der Waals surface area contributed by atoms with Gasteiger partial charge in [-0.3, -0.25) is 14.9 Å². The van der Waals surface area contributed by atoms with Crippen LogP contribution in [-0.2, 0) is 4.79 Å². The smallest absolute Gasteiger partial charge is 0.225 e. The SMILES string of the molecule is CCC(CC)C(=O)N1CCC2(CC1)CN(C)CC2c1nc(-c2ccncc2)n[nH]1. The minimum atomic E-state index is 0.161. The van der Waals surface area contributed by atoms with Crippen LogP contribution in [0.2, 0.25) is 0 Å². The van der Waals surface area contributed by atoms with E-state index in [2.05, 4.69) is 45.9 Å². The highest BCUT2D eigenvalue weighted by atomic mass is 16.2. The fourth-order valence-corrected chi connectivity index (χ4v) is 5.23. The van der Waals surface area contributed by atoms with Crippen LogP contribution >= 0.6 is 0 Å². The van der Waals surface area contributed by atoms with Crippen molar-refractivity contribution in [3.63, 3.8) is 0 Å². The molecule has 1 N–H and O–H groups in total. The van der Waals surface area contributed by atoms with Crippen LogP contribution in [0.15, 0.2) is 24.5 Å². The Labute approximate surface area is 172 Å². The molecule has 1 atom stereocenters. The highest BCUT2D eigenvalue weighted by Gasteiger charge is 2.49. The number of likely N-dealkylation sites (N-methyl/N-ethyl adjacent to an activating group) is 1. The lowest BCUT2D eigenvalue weighted by Crippen LogP contribution is -2.47. The third kappa shape index (κ3) is 3.80. The van der Waals surface area contributed by atoms with Crippen molar-refractivity contribution in [2.45, 2.75) is 45.4 Å². The summed E-state index contributed by atoms with van der Waals surface area (Å²) in [6.07, 6.45) is 7.44. The molecule has 2 aromatic heterocycles. The number of pyridine rings is 1. The first kappa shape index (κ1) is 20.0. The Morgan fingerprint density at radius 3 is 2.59 bits per heavy atom. The first-order valence-corrected chi connectivity index (χ1v) is 10.9. The summed E-state index contributed by atoms with van der Waals surface area (Å²) in [5.74, 6) is 2.53. The third-order valence-corrected chi connectivity index (χ3v) is 7.00. The summed E-state index contributed by atoms with van der Waals surface area (Å²) >= 11 is 0. The van der Waals surface area contributed by atoms with E-state index in [1.807, 2.05) is 12.1 Å². The molecule has 2 aromatic rings. The van der Waals surface area contributed by atoms with Gasteiger partial charge in [-0.05, 0) is 50.3 Å². The summed E-state index contributed by atoms with van der Waals surface area (Å²) in [6, 6.07) is 3.87. The van der Waals surface area contributed by atoms with Crippen LogP contribution in [0.25, 0.3) is 11.4 Å². The minimum Gasteiger partial charge on any atom is -0.342 e. The maximum atomic E-state index is 12.8. The normalized spacial score (nSPS) is 21.9. The maximum absolute atomic E-state index is 12.8. The van der Waals surface area contributed by atoms with Crippen molar-refractivity contribution in [1.29, 1.82) is 0 Å².